The molecule has 1 aliphatic carbocycles. The summed E-state index contributed by atoms with van der Waals surface area (Å²) in [6.45, 7) is 0. The molecule has 126 valence electrons. The number of amides is 1. The van der Waals surface area contributed by atoms with Gasteiger partial charge in [-0.05, 0) is 25.0 Å². The van der Waals surface area contributed by atoms with Crippen LogP contribution in [-0.4, -0.2) is 22.1 Å². The van der Waals surface area contributed by atoms with Gasteiger partial charge in [0.15, 0.2) is 0 Å². The average molecular weight is 357 g/mol. The van der Waals surface area contributed by atoms with Crippen LogP contribution in [0.1, 0.15) is 35.3 Å². The molecule has 0 bridgehead atoms. The molecule has 1 aromatic carbocycles. The van der Waals surface area contributed by atoms with E-state index in [-0.39, 0.29) is 22.3 Å². The maximum absolute atomic E-state index is 13.6. The average Bonchev–Trinajstić information content (AvgIpc) is 3.36. The van der Waals surface area contributed by atoms with Gasteiger partial charge < -0.3 is 10.6 Å². The number of carbonyl (C=O) groups is 1. The van der Waals surface area contributed by atoms with Crippen molar-refractivity contribution in [2.24, 2.45) is 0 Å². The minimum absolute atomic E-state index is 0.0851. The SMILES string of the molecule is O=C(Nc1cc(Cl)c(F)cc1NC1CC1)c1cnnc(C(F)F)c1. The quantitative estimate of drug-likeness (QED) is 0.848. The molecule has 1 heterocycles. The zero-order valence-electron chi connectivity index (χ0n) is 12.2. The fraction of sp³-hybridized carbons (Fsp3) is 0.267. The van der Waals surface area contributed by atoms with Crippen molar-refractivity contribution in [3.05, 3.63) is 46.5 Å². The van der Waals surface area contributed by atoms with Crippen molar-refractivity contribution in [2.75, 3.05) is 10.6 Å². The summed E-state index contributed by atoms with van der Waals surface area (Å²) in [7, 11) is 0. The first-order valence-corrected chi connectivity index (χ1v) is 7.49. The topological polar surface area (TPSA) is 66.9 Å². The molecule has 2 aromatic rings. The number of benzene rings is 1. The lowest BCUT2D eigenvalue weighted by molar-refractivity contribution is 0.102. The third kappa shape index (κ3) is 3.76. The number of alkyl halides is 2. The predicted molar refractivity (Wildman–Crippen MR) is 83.0 cm³/mol. The zero-order chi connectivity index (χ0) is 17.3. The van der Waals surface area contributed by atoms with E-state index in [9.17, 15) is 18.0 Å². The van der Waals surface area contributed by atoms with Crippen LogP contribution in [0.15, 0.2) is 24.4 Å². The van der Waals surface area contributed by atoms with Crippen LogP contribution in [0.3, 0.4) is 0 Å². The molecular weight excluding hydrogens is 345 g/mol. The van der Waals surface area contributed by atoms with Crippen molar-refractivity contribution in [1.29, 1.82) is 0 Å². The molecule has 0 aliphatic heterocycles. The normalized spacial score (nSPS) is 13.9. The number of carbonyl (C=O) groups excluding carboxylic acids is 1. The Kier molecular flexibility index (Phi) is 4.57. The molecule has 0 saturated heterocycles. The maximum atomic E-state index is 13.6. The van der Waals surface area contributed by atoms with Crippen LogP contribution < -0.4 is 10.6 Å². The Morgan fingerprint density at radius 2 is 2.00 bits per heavy atom. The lowest BCUT2D eigenvalue weighted by Gasteiger charge is -2.14. The lowest BCUT2D eigenvalue weighted by atomic mass is 10.2. The Labute approximate surface area is 140 Å². The molecule has 0 atom stereocenters. The van der Waals surface area contributed by atoms with Crippen molar-refractivity contribution >= 4 is 28.9 Å². The Hall–Kier alpha value is -2.35. The molecule has 1 fully saturated rings. The highest BCUT2D eigenvalue weighted by molar-refractivity contribution is 6.31. The maximum Gasteiger partial charge on any atom is 0.282 e. The van der Waals surface area contributed by atoms with Crippen molar-refractivity contribution in [3.63, 3.8) is 0 Å². The molecule has 1 amide bonds. The van der Waals surface area contributed by atoms with Gasteiger partial charge in [0.1, 0.15) is 11.5 Å². The van der Waals surface area contributed by atoms with Crippen molar-refractivity contribution in [1.82, 2.24) is 10.2 Å². The summed E-state index contributed by atoms with van der Waals surface area (Å²) in [6, 6.07) is 3.62. The molecule has 0 spiro atoms. The van der Waals surface area contributed by atoms with Crippen molar-refractivity contribution in [3.8, 4) is 0 Å². The van der Waals surface area contributed by atoms with Gasteiger partial charge in [0.25, 0.3) is 12.3 Å². The highest BCUT2D eigenvalue weighted by Gasteiger charge is 2.23. The molecule has 0 radical (unpaired) electrons. The van der Waals surface area contributed by atoms with Crippen molar-refractivity contribution in [2.45, 2.75) is 25.3 Å². The molecule has 0 unspecified atom stereocenters. The predicted octanol–water partition coefficient (Wildman–Crippen LogP) is 4.03. The Morgan fingerprint density at radius 1 is 1.25 bits per heavy atom. The van der Waals surface area contributed by atoms with E-state index >= 15 is 0 Å². The Balaban J connectivity index is 1.85. The van der Waals surface area contributed by atoms with Crippen LogP contribution in [0.4, 0.5) is 24.5 Å². The number of hydrogen-bond acceptors (Lipinski definition) is 4. The first-order chi connectivity index (χ1) is 11.4. The summed E-state index contributed by atoms with van der Waals surface area (Å²) in [4.78, 5) is 12.3. The van der Waals surface area contributed by atoms with Gasteiger partial charge in [0.05, 0.1) is 28.2 Å². The Morgan fingerprint density at radius 3 is 2.67 bits per heavy atom. The minimum atomic E-state index is -2.84. The third-order valence-electron chi connectivity index (χ3n) is 3.40. The molecule has 1 saturated carbocycles. The first-order valence-electron chi connectivity index (χ1n) is 7.11. The van der Waals surface area contributed by atoms with Crippen LogP contribution in [0.5, 0.6) is 0 Å². The van der Waals surface area contributed by atoms with Crippen LogP contribution in [0, 0.1) is 5.82 Å². The van der Waals surface area contributed by atoms with E-state index < -0.39 is 23.8 Å². The molecule has 1 aliphatic rings. The van der Waals surface area contributed by atoms with E-state index in [0.29, 0.717) is 5.69 Å². The number of aromatic nitrogens is 2. The highest BCUT2D eigenvalue weighted by Crippen LogP contribution is 2.33. The number of hydrogen-bond donors (Lipinski definition) is 2. The van der Waals surface area contributed by atoms with Gasteiger partial charge in [-0.1, -0.05) is 11.6 Å². The van der Waals surface area contributed by atoms with Gasteiger partial charge >= 0.3 is 0 Å². The minimum Gasteiger partial charge on any atom is -0.381 e. The van der Waals surface area contributed by atoms with Gasteiger partial charge in [-0.2, -0.15) is 5.10 Å². The molecule has 3 rings (SSSR count). The van der Waals surface area contributed by atoms with Crippen LogP contribution in [0.2, 0.25) is 5.02 Å². The smallest absolute Gasteiger partial charge is 0.282 e. The van der Waals surface area contributed by atoms with Crippen LogP contribution in [-0.2, 0) is 0 Å². The van der Waals surface area contributed by atoms with E-state index in [1.54, 1.807) is 0 Å². The van der Waals surface area contributed by atoms with Gasteiger partial charge in [-0.3, -0.25) is 4.79 Å². The monoisotopic (exact) mass is 356 g/mol. The summed E-state index contributed by atoms with van der Waals surface area (Å²) < 4.78 is 38.9. The standard InChI is InChI=1S/C15H12ClF3N4O/c16-9-4-11(12(5-10(9)17)21-8-1-2-8)22-15(24)7-3-13(14(18)19)23-20-6-7/h3-6,8,14,21H,1-2H2,(H,22,24). The largest absolute Gasteiger partial charge is 0.381 e. The fourth-order valence-corrected chi connectivity index (χ4v) is 2.19. The molecule has 9 heteroatoms. The van der Waals surface area contributed by atoms with Crippen LogP contribution in [0.25, 0.3) is 0 Å². The fourth-order valence-electron chi connectivity index (χ4n) is 2.03. The lowest BCUT2D eigenvalue weighted by Crippen LogP contribution is -2.15. The summed E-state index contributed by atoms with van der Waals surface area (Å²) in [5, 5.41) is 12.1. The van der Waals surface area contributed by atoms with E-state index in [1.165, 1.54) is 12.1 Å². The Bertz CT molecular complexity index is 783. The summed E-state index contributed by atoms with van der Waals surface area (Å²) in [6.07, 6.45) is 0.130. The van der Waals surface area contributed by atoms with Crippen molar-refractivity contribution < 1.29 is 18.0 Å². The molecule has 24 heavy (non-hydrogen) atoms. The second kappa shape index (κ2) is 6.64. The van der Waals surface area contributed by atoms with E-state index in [2.05, 4.69) is 20.8 Å². The number of halogens is 4. The molecule has 1 aromatic heterocycles. The number of anilines is 2. The zero-order valence-corrected chi connectivity index (χ0v) is 12.9. The van der Waals surface area contributed by atoms with E-state index in [1.807, 2.05) is 0 Å². The second-order valence-corrected chi connectivity index (χ2v) is 5.76. The van der Waals surface area contributed by atoms with Gasteiger partial charge in [0, 0.05) is 12.1 Å². The summed E-state index contributed by atoms with van der Waals surface area (Å²) in [5.74, 6) is -1.29. The summed E-state index contributed by atoms with van der Waals surface area (Å²) >= 11 is 5.76. The first kappa shape index (κ1) is 16.5. The van der Waals surface area contributed by atoms with Gasteiger partial charge in [-0.25, -0.2) is 13.2 Å². The van der Waals surface area contributed by atoms with Crippen LogP contribution >= 0.6 is 11.6 Å². The molecule has 2 N–H and O–H groups in total. The van der Waals surface area contributed by atoms with Gasteiger partial charge in [-0.15, -0.1) is 5.10 Å². The summed E-state index contributed by atoms with van der Waals surface area (Å²) in [5.41, 5.74) is -0.0493. The van der Waals surface area contributed by atoms with E-state index in [0.717, 1.165) is 25.1 Å². The second-order valence-electron chi connectivity index (χ2n) is 5.35. The molecular formula is C15H12ClF3N4O. The number of rotatable bonds is 5. The number of nitrogens with zero attached hydrogens (tertiary/aromatic N) is 2. The highest BCUT2D eigenvalue weighted by atomic mass is 35.5. The molecule has 5 nitrogen and oxygen atoms in total. The van der Waals surface area contributed by atoms with E-state index in [4.69, 9.17) is 11.6 Å². The van der Waals surface area contributed by atoms with Gasteiger partial charge in [0.2, 0.25) is 0 Å². The number of nitrogens with one attached hydrogen (secondary N) is 2. The third-order valence-corrected chi connectivity index (χ3v) is 3.69.